The van der Waals surface area contributed by atoms with Crippen molar-refractivity contribution < 1.29 is 5.11 Å². The van der Waals surface area contributed by atoms with Gasteiger partial charge in [0.1, 0.15) is 5.75 Å². The minimum atomic E-state index is 0.165. The fourth-order valence-corrected chi connectivity index (χ4v) is 3.52. The van der Waals surface area contributed by atoms with Crippen molar-refractivity contribution in [3.63, 3.8) is 0 Å². The van der Waals surface area contributed by atoms with Crippen LogP contribution >= 0.6 is 34.2 Å². The van der Waals surface area contributed by atoms with Gasteiger partial charge >= 0.3 is 0 Å². The van der Waals surface area contributed by atoms with E-state index in [0.29, 0.717) is 5.02 Å². The number of nitrogen functional groups attached to an aromatic ring is 1. The van der Waals surface area contributed by atoms with E-state index in [4.69, 9.17) is 17.3 Å². The van der Waals surface area contributed by atoms with E-state index in [0.717, 1.165) is 28.6 Å². The number of nitrogens with one attached hydrogen (secondary N) is 1. The van der Waals surface area contributed by atoms with Crippen molar-refractivity contribution in [2.75, 3.05) is 12.3 Å². The number of anilines is 1. The highest BCUT2D eigenvalue weighted by Crippen LogP contribution is 2.34. The van der Waals surface area contributed by atoms with Gasteiger partial charge < -0.3 is 16.2 Å². The van der Waals surface area contributed by atoms with E-state index < -0.39 is 0 Å². The molecule has 0 amide bonds. The van der Waals surface area contributed by atoms with Gasteiger partial charge in [0, 0.05) is 15.3 Å². The quantitative estimate of drug-likeness (QED) is 0.519. The molecule has 0 spiro atoms. The molecule has 0 aliphatic carbocycles. The first-order valence-corrected chi connectivity index (χ1v) is 8.29. The molecule has 2 aromatic rings. The Labute approximate surface area is 142 Å². The fraction of sp³-hybridized carbons (Fsp3) is 0.250. The summed E-state index contributed by atoms with van der Waals surface area (Å²) >= 11 is 8.32. The van der Waals surface area contributed by atoms with Gasteiger partial charge in [-0.15, -0.1) is 0 Å². The zero-order valence-corrected chi connectivity index (χ0v) is 14.3. The van der Waals surface area contributed by atoms with Crippen molar-refractivity contribution in [3.8, 4) is 5.75 Å². The summed E-state index contributed by atoms with van der Waals surface area (Å²) < 4.78 is 1.07. The van der Waals surface area contributed by atoms with Crippen LogP contribution in [-0.2, 0) is 12.8 Å². The lowest BCUT2D eigenvalue weighted by Gasteiger charge is -2.27. The molecule has 110 valence electrons. The number of halogens is 2. The minimum absolute atomic E-state index is 0.165. The monoisotopic (exact) mass is 414 g/mol. The first kappa shape index (κ1) is 14.9. The summed E-state index contributed by atoms with van der Waals surface area (Å²) in [5, 5.41) is 13.7. The van der Waals surface area contributed by atoms with E-state index in [1.54, 1.807) is 6.07 Å². The number of hydrogen-bond donors (Lipinski definition) is 3. The van der Waals surface area contributed by atoms with Crippen molar-refractivity contribution in [2.24, 2.45) is 0 Å². The summed E-state index contributed by atoms with van der Waals surface area (Å²) in [7, 11) is 0. The molecule has 0 aromatic heterocycles. The Morgan fingerprint density at radius 2 is 2.14 bits per heavy atom. The average molecular weight is 415 g/mol. The molecule has 3 nitrogen and oxygen atoms in total. The topological polar surface area (TPSA) is 58.3 Å². The molecular weight excluding hydrogens is 399 g/mol. The molecule has 1 aliphatic rings. The normalized spacial score (nSPS) is 17.5. The molecule has 0 fully saturated rings. The second kappa shape index (κ2) is 6.02. The van der Waals surface area contributed by atoms with Gasteiger partial charge in [-0.1, -0.05) is 17.7 Å². The van der Waals surface area contributed by atoms with Gasteiger partial charge in [-0.25, -0.2) is 0 Å². The molecule has 1 unspecified atom stereocenters. The maximum Gasteiger partial charge on any atom is 0.134 e. The molecule has 3 rings (SSSR count). The molecule has 4 N–H and O–H groups in total. The Morgan fingerprint density at radius 3 is 2.90 bits per heavy atom. The van der Waals surface area contributed by atoms with Gasteiger partial charge in [0.05, 0.1) is 5.02 Å². The third-order valence-electron chi connectivity index (χ3n) is 3.87. The van der Waals surface area contributed by atoms with E-state index in [1.165, 1.54) is 16.7 Å². The predicted molar refractivity (Wildman–Crippen MR) is 94.8 cm³/mol. The summed E-state index contributed by atoms with van der Waals surface area (Å²) in [6.07, 6.45) is 1.79. The Kier molecular flexibility index (Phi) is 4.28. The lowest BCUT2D eigenvalue weighted by Crippen LogP contribution is -2.31. The standard InChI is InChI=1S/C16H16ClIN2O/c17-12-8-11-10(7-16(12)21)3-4-20-15(11)6-9-1-2-14(19)13(18)5-9/h1-2,5,7-8,15,20-21H,3-4,6,19H2. The first-order chi connectivity index (χ1) is 10.0. The minimum Gasteiger partial charge on any atom is -0.506 e. The van der Waals surface area contributed by atoms with Crippen molar-refractivity contribution in [2.45, 2.75) is 18.9 Å². The Bertz CT molecular complexity index is 690. The van der Waals surface area contributed by atoms with Gasteiger partial charge in [0.2, 0.25) is 0 Å². The first-order valence-electron chi connectivity index (χ1n) is 6.83. The van der Waals surface area contributed by atoms with Crippen LogP contribution in [0.3, 0.4) is 0 Å². The summed E-state index contributed by atoms with van der Waals surface area (Å²) in [4.78, 5) is 0. The molecular formula is C16H16ClIN2O. The van der Waals surface area contributed by atoms with Crippen LogP contribution in [-0.4, -0.2) is 11.7 Å². The smallest absolute Gasteiger partial charge is 0.134 e. The number of phenolic OH excluding ortho intramolecular Hbond substituents is 1. The Balaban J connectivity index is 1.91. The summed E-state index contributed by atoms with van der Waals surface area (Å²) in [5.74, 6) is 0.165. The van der Waals surface area contributed by atoms with Crippen LogP contribution in [0, 0.1) is 3.57 Å². The molecule has 0 saturated heterocycles. The van der Waals surface area contributed by atoms with E-state index >= 15 is 0 Å². The van der Waals surface area contributed by atoms with Crippen LogP contribution < -0.4 is 11.1 Å². The number of benzene rings is 2. The SMILES string of the molecule is Nc1ccc(CC2NCCc3cc(O)c(Cl)cc32)cc1I. The van der Waals surface area contributed by atoms with Crippen molar-refractivity contribution >= 4 is 39.9 Å². The van der Waals surface area contributed by atoms with Crippen LogP contribution in [0.25, 0.3) is 0 Å². The number of rotatable bonds is 2. The van der Waals surface area contributed by atoms with Crippen LogP contribution in [0.1, 0.15) is 22.7 Å². The zero-order chi connectivity index (χ0) is 15.0. The Morgan fingerprint density at radius 1 is 1.33 bits per heavy atom. The highest BCUT2D eigenvalue weighted by atomic mass is 127. The lowest BCUT2D eigenvalue weighted by molar-refractivity contribution is 0.467. The summed E-state index contributed by atoms with van der Waals surface area (Å²) in [6.45, 7) is 0.908. The average Bonchev–Trinajstić information content (AvgIpc) is 2.45. The van der Waals surface area contributed by atoms with Crippen molar-refractivity contribution in [1.29, 1.82) is 0 Å². The molecule has 2 aromatic carbocycles. The predicted octanol–water partition coefficient (Wildman–Crippen LogP) is 3.66. The number of fused-ring (bicyclic) bond motifs is 1. The number of aromatic hydroxyl groups is 1. The Hall–Kier alpha value is -0.980. The van der Waals surface area contributed by atoms with E-state index in [1.807, 2.05) is 12.1 Å². The van der Waals surface area contributed by atoms with Crippen molar-refractivity contribution in [3.05, 3.63) is 55.6 Å². The summed E-state index contributed by atoms with van der Waals surface area (Å²) in [5.41, 5.74) is 10.3. The van der Waals surface area contributed by atoms with E-state index in [9.17, 15) is 5.11 Å². The molecule has 21 heavy (non-hydrogen) atoms. The largest absolute Gasteiger partial charge is 0.506 e. The molecule has 1 atom stereocenters. The second-order valence-corrected chi connectivity index (χ2v) is 6.89. The number of phenols is 1. The van der Waals surface area contributed by atoms with Crippen LogP contribution in [0.5, 0.6) is 5.75 Å². The molecule has 5 heteroatoms. The maximum absolute atomic E-state index is 9.75. The lowest BCUT2D eigenvalue weighted by atomic mass is 9.90. The third-order valence-corrected chi connectivity index (χ3v) is 5.11. The van der Waals surface area contributed by atoms with E-state index in [-0.39, 0.29) is 11.8 Å². The van der Waals surface area contributed by atoms with Gasteiger partial charge in [-0.05, 0) is 82.9 Å². The molecule has 1 aliphatic heterocycles. The van der Waals surface area contributed by atoms with Crippen LogP contribution in [0.4, 0.5) is 5.69 Å². The van der Waals surface area contributed by atoms with Gasteiger partial charge in [0.25, 0.3) is 0 Å². The second-order valence-electron chi connectivity index (χ2n) is 5.32. The zero-order valence-electron chi connectivity index (χ0n) is 11.4. The van der Waals surface area contributed by atoms with Crippen LogP contribution in [0.2, 0.25) is 5.02 Å². The molecule has 0 bridgehead atoms. The molecule has 0 saturated carbocycles. The van der Waals surface area contributed by atoms with Gasteiger partial charge in [-0.3, -0.25) is 0 Å². The van der Waals surface area contributed by atoms with Crippen LogP contribution in [0.15, 0.2) is 30.3 Å². The molecule has 1 heterocycles. The van der Waals surface area contributed by atoms with E-state index in [2.05, 4.69) is 40.0 Å². The van der Waals surface area contributed by atoms with Gasteiger partial charge in [0.15, 0.2) is 0 Å². The maximum atomic E-state index is 9.75. The van der Waals surface area contributed by atoms with Crippen molar-refractivity contribution in [1.82, 2.24) is 5.32 Å². The fourth-order valence-electron chi connectivity index (χ4n) is 2.77. The van der Waals surface area contributed by atoms with Gasteiger partial charge in [-0.2, -0.15) is 0 Å². The highest BCUT2D eigenvalue weighted by Gasteiger charge is 2.21. The molecule has 0 radical (unpaired) electrons. The third kappa shape index (κ3) is 3.12. The number of nitrogens with two attached hydrogens (primary N) is 1. The highest BCUT2D eigenvalue weighted by molar-refractivity contribution is 14.1. The number of hydrogen-bond acceptors (Lipinski definition) is 3. The summed E-state index contributed by atoms with van der Waals surface area (Å²) in [6, 6.07) is 10.0.